The third kappa shape index (κ3) is 5.17. The first-order chi connectivity index (χ1) is 17.9. The van der Waals surface area contributed by atoms with E-state index < -0.39 is 10.0 Å². The fraction of sp³-hybridized carbons (Fsp3) is 0.481. The van der Waals surface area contributed by atoms with E-state index in [-0.39, 0.29) is 29.3 Å². The van der Waals surface area contributed by atoms with Crippen molar-refractivity contribution in [2.75, 3.05) is 47.9 Å². The number of hydrogen-bond donors (Lipinski definition) is 1. The van der Waals surface area contributed by atoms with Gasteiger partial charge in [0.1, 0.15) is 18.3 Å². The van der Waals surface area contributed by atoms with Crippen molar-refractivity contribution in [3.05, 3.63) is 42.5 Å². The summed E-state index contributed by atoms with van der Waals surface area (Å²) in [5.41, 5.74) is 1.87. The molecule has 1 atom stereocenters. The second-order valence-corrected chi connectivity index (χ2v) is 11.7. The Morgan fingerprint density at radius 1 is 0.973 bits per heavy atom. The van der Waals surface area contributed by atoms with E-state index >= 15 is 0 Å². The van der Waals surface area contributed by atoms with Crippen LogP contribution in [0.4, 0.5) is 17.1 Å². The molecule has 37 heavy (non-hydrogen) atoms. The van der Waals surface area contributed by atoms with Crippen LogP contribution in [0.1, 0.15) is 45.4 Å². The molecule has 2 aromatic carbocycles. The van der Waals surface area contributed by atoms with Crippen LogP contribution < -0.4 is 19.9 Å². The quantitative estimate of drug-likeness (QED) is 0.592. The van der Waals surface area contributed by atoms with Gasteiger partial charge in [0.25, 0.3) is 0 Å². The van der Waals surface area contributed by atoms with E-state index in [1.54, 1.807) is 42.5 Å². The molecular weight excluding hydrogens is 492 g/mol. The van der Waals surface area contributed by atoms with Crippen molar-refractivity contribution in [3.8, 4) is 5.75 Å². The number of amides is 2. The normalized spacial score (nSPS) is 20.2. The van der Waals surface area contributed by atoms with Crippen LogP contribution in [0.15, 0.2) is 47.4 Å². The molecular formula is C27H34N4O5S. The predicted octanol–water partition coefficient (Wildman–Crippen LogP) is 3.60. The highest BCUT2D eigenvalue weighted by Gasteiger charge is 2.41. The van der Waals surface area contributed by atoms with Crippen molar-refractivity contribution < 1.29 is 22.7 Å². The highest BCUT2D eigenvalue weighted by molar-refractivity contribution is 7.89. The molecule has 198 valence electrons. The first kappa shape index (κ1) is 25.5. The van der Waals surface area contributed by atoms with E-state index in [2.05, 4.69) is 10.2 Å². The molecule has 0 unspecified atom stereocenters. The minimum Gasteiger partial charge on any atom is -0.494 e. The SMILES string of the molecule is CCOc1ccc(NC(=O)CN2C(=O)[C@H]3CCCCN3c3ccc(S(=O)(=O)N4CCCCC4)cc32)cc1. The highest BCUT2D eigenvalue weighted by Crippen LogP contribution is 2.41. The standard InChI is InChI=1S/C27H34N4O5S/c1-2-36-21-11-9-20(10-12-21)28-26(32)19-31-25-18-22(37(34,35)29-15-5-3-6-16-29)13-14-23(25)30-17-7-4-8-24(30)27(31)33/h9-14,18,24H,2-8,15-17,19H2,1H3,(H,28,32)/t24-/m1/s1. The van der Waals surface area contributed by atoms with Gasteiger partial charge < -0.3 is 15.0 Å². The van der Waals surface area contributed by atoms with Crippen LogP contribution in [0, 0.1) is 0 Å². The summed E-state index contributed by atoms with van der Waals surface area (Å²) in [5.74, 6) is 0.194. The van der Waals surface area contributed by atoms with E-state index in [0.29, 0.717) is 43.2 Å². The number of sulfonamides is 1. The van der Waals surface area contributed by atoms with Gasteiger partial charge in [-0.3, -0.25) is 14.5 Å². The van der Waals surface area contributed by atoms with Gasteiger partial charge in [-0.2, -0.15) is 4.31 Å². The zero-order chi connectivity index (χ0) is 26.0. The molecule has 3 aliphatic rings. The Hall–Kier alpha value is -3.11. The number of anilines is 3. The molecule has 2 amide bonds. The predicted molar refractivity (Wildman–Crippen MR) is 143 cm³/mol. The van der Waals surface area contributed by atoms with Crippen molar-refractivity contribution in [2.45, 2.75) is 56.4 Å². The monoisotopic (exact) mass is 526 g/mol. The molecule has 0 aliphatic carbocycles. The average Bonchev–Trinajstić information content (AvgIpc) is 2.92. The molecule has 0 radical (unpaired) electrons. The van der Waals surface area contributed by atoms with Crippen LogP contribution in [-0.4, -0.2) is 63.4 Å². The summed E-state index contributed by atoms with van der Waals surface area (Å²) >= 11 is 0. The van der Waals surface area contributed by atoms with Gasteiger partial charge in [0.15, 0.2) is 0 Å². The van der Waals surface area contributed by atoms with Crippen molar-refractivity contribution in [2.24, 2.45) is 0 Å². The third-order valence-electron chi connectivity index (χ3n) is 7.30. The van der Waals surface area contributed by atoms with E-state index in [1.807, 2.05) is 6.92 Å². The number of carbonyl (C=O) groups excluding carboxylic acids is 2. The lowest BCUT2D eigenvalue weighted by Crippen LogP contribution is -2.56. The number of hydrogen-bond acceptors (Lipinski definition) is 6. The second kappa shape index (κ2) is 10.7. The van der Waals surface area contributed by atoms with Gasteiger partial charge in [0.05, 0.1) is 22.9 Å². The van der Waals surface area contributed by atoms with Crippen molar-refractivity contribution in [1.82, 2.24) is 4.31 Å². The number of rotatable bonds is 7. The minimum atomic E-state index is -3.69. The summed E-state index contributed by atoms with van der Waals surface area (Å²) in [6.45, 7) is 3.99. The summed E-state index contributed by atoms with van der Waals surface area (Å²) in [7, 11) is -3.69. The lowest BCUT2D eigenvalue weighted by atomic mass is 9.96. The van der Waals surface area contributed by atoms with Crippen molar-refractivity contribution in [1.29, 1.82) is 0 Å². The Kier molecular flexibility index (Phi) is 7.39. The van der Waals surface area contributed by atoms with Crippen LogP contribution >= 0.6 is 0 Å². The van der Waals surface area contributed by atoms with Crippen LogP contribution in [0.5, 0.6) is 5.75 Å². The van der Waals surface area contributed by atoms with Gasteiger partial charge in [0.2, 0.25) is 21.8 Å². The molecule has 5 rings (SSSR count). The molecule has 0 bridgehead atoms. The first-order valence-corrected chi connectivity index (χ1v) is 14.6. The zero-order valence-corrected chi connectivity index (χ0v) is 22.0. The second-order valence-electron chi connectivity index (χ2n) is 9.75. The van der Waals surface area contributed by atoms with Gasteiger partial charge in [0, 0.05) is 25.3 Å². The lowest BCUT2D eigenvalue weighted by Gasteiger charge is -2.45. The highest BCUT2D eigenvalue weighted by atomic mass is 32.2. The number of piperidine rings is 2. The molecule has 2 aromatic rings. The number of carbonyl (C=O) groups is 2. The maximum atomic E-state index is 13.6. The zero-order valence-electron chi connectivity index (χ0n) is 21.2. The van der Waals surface area contributed by atoms with E-state index in [0.717, 1.165) is 44.3 Å². The Morgan fingerprint density at radius 3 is 2.43 bits per heavy atom. The van der Waals surface area contributed by atoms with Crippen LogP contribution in [0.2, 0.25) is 0 Å². The molecule has 2 fully saturated rings. The molecule has 1 N–H and O–H groups in total. The van der Waals surface area contributed by atoms with E-state index in [1.165, 1.54) is 9.21 Å². The molecule has 2 saturated heterocycles. The van der Waals surface area contributed by atoms with E-state index in [4.69, 9.17) is 4.74 Å². The Morgan fingerprint density at radius 2 is 1.70 bits per heavy atom. The topological polar surface area (TPSA) is 99.3 Å². The lowest BCUT2D eigenvalue weighted by molar-refractivity contribution is -0.123. The summed E-state index contributed by atoms with van der Waals surface area (Å²) in [4.78, 5) is 30.4. The Balaban J connectivity index is 1.44. The minimum absolute atomic E-state index is 0.160. The van der Waals surface area contributed by atoms with Crippen LogP contribution in [0.25, 0.3) is 0 Å². The molecule has 0 spiro atoms. The summed E-state index contributed by atoms with van der Waals surface area (Å²) in [6, 6.07) is 11.7. The number of nitrogens with zero attached hydrogens (tertiary/aromatic N) is 3. The Bertz CT molecular complexity index is 1260. The molecule has 3 aliphatic heterocycles. The maximum absolute atomic E-state index is 13.6. The average molecular weight is 527 g/mol. The fourth-order valence-electron chi connectivity index (χ4n) is 5.46. The number of nitrogens with one attached hydrogen (secondary N) is 1. The van der Waals surface area contributed by atoms with Crippen molar-refractivity contribution >= 4 is 38.9 Å². The number of ether oxygens (including phenoxy) is 1. The molecule has 10 heteroatoms. The molecule has 9 nitrogen and oxygen atoms in total. The molecule has 0 saturated carbocycles. The van der Waals surface area contributed by atoms with Gasteiger partial charge >= 0.3 is 0 Å². The summed E-state index contributed by atoms with van der Waals surface area (Å²) in [6.07, 6.45) is 5.33. The largest absolute Gasteiger partial charge is 0.494 e. The maximum Gasteiger partial charge on any atom is 0.250 e. The summed E-state index contributed by atoms with van der Waals surface area (Å²) in [5, 5.41) is 2.85. The molecule has 3 heterocycles. The van der Waals surface area contributed by atoms with Gasteiger partial charge in [-0.15, -0.1) is 0 Å². The van der Waals surface area contributed by atoms with Crippen LogP contribution in [0.3, 0.4) is 0 Å². The van der Waals surface area contributed by atoms with Gasteiger partial charge in [-0.05, 0) is 81.5 Å². The third-order valence-corrected chi connectivity index (χ3v) is 9.20. The molecule has 0 aromatic heterocycles. The van der Waals surface area contributed by atoms with Crippen molar-refractivity contribution in [3.63, 3.8) is 0 Å². The van der Waals surface area contributed by atoms with E-state index in [9.17, 15) is 18.0 Å². The smallest absolute Gasteiger partial charge is 0.250 e. The van der Waals surface area contributed by atoms with Crippen LogP contribution in [-0.2, 0) is 19.6 Å². The fourth-order valence-corrected chi connectivity index (χ4v) is 7.00. The summed E-state index contributed by atoms with van der Waals surface area (Å²) < 4.78 is 33.8. The first-order valence-electron chi connectivity index (χ1n) is 13.1. The van der Waals surface area contributed by atoms with Gasteiger partial charge in [-0.1, -0.05) is 6.42 Å². The number of benzene rings is 2. The Labute approximate surface area is 218 Å². The number of fused-ring (bicyclic) bond motifs is 3. The van der Waals surface area contributed by atoms with Gasteiger partial charge in [-0.25, -0.2) is 8.42 Å².